The summed E-state index contributed by atoms with van der Waals surface area (Å²) in [6, 6.07) is 10.5. The number of aliphatic hydroxyl groups is 3. The number of aryl methyl sites for hydroxylation is 1. The van der Waals surface area contributed by atoms with Crippen LogP contribution in [0.1, 0.15) is 23.8 Å². The van der Waals surface area contributed by atoms with Gasteiger partial charge in [0.1, 0.15) is 47.8 Å². The van der Waals surface area contributed by atoms with Crippen LogP contribution in [0.3, 0.4) is 0 Å². The summed E-state index contributed by atoms with van der Waals surface area (Å²) >= 11 is 9.52. The molecule has 0 unspecified atom stereocenters. The largest absolute Gasteiger partial charge is 0.394 e. The van der Waals surface area contributed by atoms with Crippen LogP contribution in [0.25, 0.3) is 27.8 Å². The van der Waals surface area contributed by atoms with Gasteiger partial charge in [0.05, 0.1) is 28.5 Å². The Morgan fingerprint density at radius 1 is 1.15 bits per heavy atom. The second-order valence-electron chi connectivity index (χ2n) is 9.39. The second kappa shape index (κ2) is 10.6. The van der Waals surface area contributed by atoms with Crippen LogP contribution >= 0.6 is 27.5 Å². The fraction of sp³-hybridized carbons (Fsp3) is 0.269. The van der Waals surface area contributed by atoms with Crippen LogP contribution in [-0.2, 0) is 4.74 Å². The fourth-order valence-corrected chi connectivity index (χ4v) is 5.39. The molecular formula is C26H22BrClFN7O4. The molecule has 1 aliphatic heterocycles. The molecule has 0 radical (unpaired) electrons. The Morgan fingerprint density at radius 3 is 2.75 bits per heavy atom. The minimum absolute atomic E-state index is 0.225. The molecule has 14 heteroatoms. The lowest BCUT2D eigenvalue weighted by Crippen LogP contribution is -2.53. The smallest absolute Gasteiger partial charge is 0.164 e. The minimum Gasteiger partial charge on any atom is -0.394 e. The number of rotatable bonds is 5. The Hall–Kier alpha value is -3.33. The third-order valence-electron chi connectivity index (χ3n) is 6.81. The molecule has 4 heterocycles. The van der Waals surface area contributed by atoms with Crippen LogP contribution in [0.2, 0.25) is 5.02 Å². The third kappa shape index (κ3) is 4.68. The molecule has 1 saturated heterocycles. The maximum atomic E-state index is 14.1. The average molecular weight is 631 g/mol. The molecule has 0 bridgehead atoms. The number of aliphatic hydroxyl groups excluding tert-OH is 3. The predicted molar refractivity (Wildman–Crippen MR) is 145 cm³/mol. The Labute approximate surface area is 240 Å². The zero-order chi connectivity index (χ0) is 28.1. The van der Waals surface area contributed by atoms with Crippen molar-refractivity contribution < 1.29 is 24.4 Å². The minimum atomic E-state index is -1.40. The van der Waals surface area contributed by atoms with Gasteiger partial charge in [0.25, 0.3) is 0 Å². The van der Waals surface area contributed by atoms with Crippen LogP contribution in [0.4, 0.5) is 4.39 Å². The van der Waals surface area contributed by atoms with Crippen molar-refractivity contribution >= 4 is 38.4 Å². The molecule has 5 aromatic rings. The summed E-state index contributed by atoms with van der Waals surface area (Å²) in [6.45, 7) is 1.15. The van der Waals surface area contributed by atoms with Crippen molar-refractivity contribution in [2.75, 3.05) is 6.61 Å². The van der Waals surface area contributed by atoms with Gasteiger partial charge in [0, 0.05) is 22.2 Å². The quantitative estimate of drug-likeness (QED) is 0.266. The molecular weight excluding hydrogens is 609 g/mol. The van der Waals surface area contributed by atoms with Crippen molar-refractivity contribution in [3.8, 4) is 16.9 Å². The first kappa shape index (κ1) is 26.9. The van der Waals surface area contributed by atoms with Gasteiger partial charge in [-0.3, -0.25) is 4.98 Å². The van der Waals surface area contributed by atoms with Crippen molar-refractivity contribution in [1.29, 1.82) is 0 Å². The summed E-state index contributed by atoms with van der Waals surface area (Å²) in [5.41, 5.74) is 1.97. The Bertz CT molecular complexity index is 1720. The third-order valence-corrected chi connectivity index (χ3v) is 7.67. The van der Waals surface area contributed by atoms with E-state index in [4.69, 9.17) is 16.3 Å². The SMILES string of the molecule is Cc1nc([C@@H]2O[C@H](CO)[C@H](O)[C@H](n3cc(-c4ccc(Br)c(F)c4)nn3)[C@H]2O)n(-c2cc(Cl)cc3ncccc23)n1. The van der Waals surface area contributed by atoms with Gasteiger partial charge in [-0.25, -0.2) is 18.7 Å². The van der Waals surface area contributed by atoms with Crippen LogP contribution in [0.15, 0.2) is 59.3 Å². The van der Waals surface area contributed by atoms with E-state index in [1.54, 1.807) is 43.5 Å². The molecule has 40 heavy (non-hydrogen) atoms. The van der Waals surface area contributed by atoms with Crippen LogP contribution in [-0.4, -0.2) is 75.0 Å². The lowest BCUT2D eigenvalue weighted by molar-refractivity contribution is -0.210. The molecule has 11 nitrogen and oxygen atoms in total. The Kier molecular flexibility index (Phi) is 7.10. The molecule has 0 aliphatic carbocycles. The van der Waals surface area contributed by atoms with Crippen molar-refractivity contribution in [3.05, 3.63) is 81.8 Å². The Balaban J connectivity index is 1.42. The average Bonchev–Trinajstić information content (AvgIpc) is 3.57. The van der Waals surface area contributed by atoms with Gasteiger partial charge in [-0.1, -0.05) is 22.9 Å². The fourth-order valence-electron chi connectivity index (χ4n) is 4.94. The molecule has 1 aliphatic rings. The highest BCUT2D eigenvalue weighted by Gasteiger charge is 2.48. The van der Waals surface area contributed by atoms with Crippen molar-refractivity contribution in [3.63, 3.8) is 0 Å². The molecule has 2 aromatic carbocycles. The van der Waals surface area contributed by atoms with Gasteiger partial charge in [-0.05, 0) is 59.3 Å². The van der Waals surface area contributed by atoms with E-state index in [-0.39, 0.29) is 5.82 Å². The number of hydrogen-bond acceptors (Lipinski definition) is 9. The lowest BCUT2D eigenvalue weighted by atomic mass is 9.92. The molecule has 5 atom stereocenters. The maximum Gasteiger partial charge on any atom is 0.164 e. The monoisotopic (exact) mass is 629 g/mol. The van der Waals surface area contributed by atoms with E-state index in [9.17, 15) is 19.7 Å². The first-order valence-corrected chi connectivity index (χ1v) is 13.4. The van der Waals surface area contributed by atoms with Gasteiger partial charge < -0.3 is 20.1 Å². The molecule has 3 N–H and O–H groups in total. The molecule has 3 aromatic heterocycles. The Morgan fingerprint density at radius 2 is 1.98 bits per heavy atom. The highest BCUT2D eigenvalue weighted by Crippen LogP contribution is 2.39. The second-order valence-corrected chi connectivity index (χ2v) is 10.7. The summed E-state index contributed by atoms with van der Waals surface area (Å²) in [5, 5.41) is 46.6. The summed E-state index contributed by atoms with van der Waals surface area (Å²) in [6.07, 6.45) is -1.87. The van der Waals surface area contributed by atoms with Gasteiger partial charge in [0.15, 0.2) is 5.82 Å². The molecule has 0 spiro atoms. The van der Waals surface area contributed by atoms with Crippen molar-refractivity contribution in [2.45, 2.75) is 37.4 Å². The van der Waals surface area contributed by atoms with Crippen LogP contribution in [0, 0.1) is 12.7 Å². The molecule has 0 saturated carbocycles. The predicted octanol–water partition coefficient (Wildman–Crippen LogP) is 3.33. The standard InChI is InChI=1S/C26H22BrClFN7O4/c1-12-31-26(36(33-12)20-9-14(28)8-18-15(20)3-2-6-30-18)25-24(39)22(23(38)21(11-37)40-25)35-10-19(32-34-35)13-4-5-16(27)17(29)7-13/h2-10,21-25,37-39H,11H2,1H3/t21-,22+,23+,24-,25-/m1/s1. The van der Waals surface area contributed by atoms with E-state index in [1.165, 1.54) is 21.6 Å². The zero-order valence-corrected chi connectivity index (χ0v) is 23.1. The molecule has 206 valence electrons. The van der Waals surface area contributed by atoms with E-state index in [0.29, 0.717) is 37.8 Å². The summed E-state index contributed by atoms with van der Waals surface area (Å²) in [5.74, 6) is 0.145. The number of aromatic nitrogens is 7. The molecule has 6 rings (SSSR count). The number of hydrogen-bond donors (Lipinski definition) is 3. The number of benzene rings is 2. The van der Waals surface area contributed by atoms with Crippen molar-refractivity contribution in [1.82, 2.24) is 34.7 Å². The van der Waals surface area contributed by atoms with Gasteiger partial charge in [-0.2, -0.15) is 5.10 Å². The first-order valence-electron chi connectivity index (χ1n) is 12.2. The first-order chi connectivity index (χ1) is 19.2. The number of nitrogens with zero attached hydrogens (tertiary/aromatic N) is 7. The van der Waals surface area contributed by atoms with E-state index in [0.717, 1.165) is 5.39 Å². The van der Waals surface area contributed by atoms with Crippen LogP contribution in [0.5, 0.6) is 0 Å². The van der Waals surface area contributed by atoms with Gasteiger partial charge in [0.2, 0.25) is 0 Å². The maximum absolute atomic E-state index is 14.1. The van der Waals surface area contributed by atoms with Gasteiger partial charge in [-0.15, -0.1) is 5.10 Å². The summed E-state index contributed by atoms with van der Waals surface area (Å²) < 4.78 is 23.2. The highest BCUT2D eigenvalue weighted by atomic mass is 79.9. The topological polar surface area (TPSA) is 144 Å². The van der Waals surface area contributed by atoms with E-state index in [1.807, 2.05) is 6.07 Å². The zero-order valence-electron chi connectivity index (χ0n) is 20.8. The van der Waals surface area contributed by atoms with Gasteiger partial charge >= 0.3 is 0 Å². The molecule has 1 fully saturated rings. The summed E-state index contributed by atoms with van der Waals surface area (Å²) in [7, 11) is 0. The van der Waals surface area contributed by atoms with E-state index < -0.39 is 42.9 Å². The summed E-state index contributed by atoms with van der Waals surface area (Å²) in [4.78, 5) is 8.92. The number of pyridine rings is 1. The van der Waals surface area contributed by atoms with E-state index in [2.05, 4.69) is 41.3 Å². The molecule has 0 amide bonds. The number of ether oxygens (including phenoxy) is 1. The van der Waals surface area contributed by atoms with Crippen LogP contribution < -0.4 is 0 Å². The number of halogens is 3. The number of fused-ring (bicyclic) bond motifs is 1. The van der Waals surface area contributed by atoms with E-state index >= 15 is 0 Å². The lowest BCUT2D eigenvalue weighted by Gasteiger charge is -2.41. The normalized spacial score (nSPS) is 23.1. The van der Waals surface area contributed by atoms with Crippen molar-refractivity contribution in [2.24, 2.45) is 0 Å². The highest BCUT2D eigenvalue weighted by molar-refractivity contribution is 9.10.